The molecule has 0 spiro atoms. The molecule has 1 aliphatic carbocycles. The fourth-order valence-corrected chi connectivity index (χ4v) is 7.38. The largest absolute Gasteiger partial charge is 0.295 e. The predicted octanol–water partition coefficient (Wildman–Crippen LogP) is 5.42. The predicted molar refractivity (Wildman–Crippen MR) is 124 cm³/mol. The normalized spacial score (nSPS) is 19.1. The second-order valence-electron chi connectivity index (χ2n) is 7.30. The Balaban J connectivity index is 1.98. The Bertz CT molecular complexity index is 922. The minimum absolute atomic E-state index is 0.103. The van der Waals surface area contributed by atoms with E-state index in [1.54, 1.807) is 0 Å². The molecule has 3 aromatic carbocycles. The molecule has 0 saturated heterocycles. The third-order valence-corrected chi connectivity index (χ3v) is 8.65. The molecule has 0 aliphatic heterocycles. The first-order valence-corrected chi connectivity index (χ1v) is 11.1. The molecule has 1 aliphatic rings. The molecule has 1 unspecified atom stereocenters. The Morgan fingerprint density at radius 2 is 1.21 bits per heavy atom. The average Bonchev–Trinajstić information content (AvgIpc) is 2.76. The maximum absolute atomic E-state index is 2.45. The summed E-state index contributed by atoms with van der Waals surface area (Å²) >= 11 is 0. The van der Waals surface area contributed by atoms with E-state index in [9.17, 15) is 0 Å². The summed E-state index contributed by atoms with van der Waals surface area (Å²) in [5.41, 5.74) is 2.71. The molecule has 0 bridgehead atoms. The van der Waals surface area contributed by atoms with Gasteiger partial charge in [-0.15, -0.1) is 0 Å². The summed E-state index contributed by atoms with van der Waals surface area (Å²) in [5.74, 6) is 0. The molecular weight excluding hydrogens is 357 g/mol. The molecule has 3 aromatic rings. The monoisotopic (exact) mass is 383 g/mol. The van der Waals surface area contributed by atoms with E-state index < -0.39 is 7.92 Å². The Morgan fingerprint density at radius 1 is 0.714 bits per heavy atom. The maximum Gasteiger partial charge on any atom is 0.0778 e. The molecule has 0 saturated carbocycles. The van der Waals surface area contributed by atoms with Crippen LogP contribution in [0.2, 0.25) is 0 Å². The van der Waals surface area contributed by atoms with Crippen molar-refractivity contribution in [2.24, 2.45) is 0 Å². The number of likely N-dealkylation sites (N-methyl/N-ethyl adjacent to an activating group) is 1. The molecule has 0 radical (unpaired) electrons. The van der Waals surface area contributed by atoms with Crippen molar-refractivity contribution in [3.8, 4) is 0 Å². The Morgan fingerprint density at radius 3 is 1.71 bits per heavy atom. The maximum atomic E-state index is 2.45. The van der Waals surface area contributed by atoms with Gasteiger partial charge in [0.25, 0.3) is 0 Å². The molecular formula is C26H26NP. The number of hydrogen-bond donors (Lipinski definition) is 0. The van der Waals surface area contributed by atoms with Crippen LogP contribution in [0.5, 0.6) is 0 Å². The van der Waals surface area contributed by atoms with Crippen LogP contribution in [-0.4, -0.2) is 24.3 Å². The number of benzene rings is 3. The first kappa shape index (κ1) is 18.9. The Labute approximate surface area is 169 Å². The minimum atomic E-state index is -0.649. The lowest BCUT2D eigenvalue weighted by Gasteiger charge is -2.49. The average molecular weight is 383 g/mol. The number of rotatable bonds is 5. The van der Waals surface area contributed by atoms with Crippen molar-refractivity contribution in [2.75, 3.05) is 14.1 Å². The SMILES string of the molecule is CN(C)C1(P(c2ccccc2)c2ccccc2)CC=CC=C1c1ccccc1. The quantitative estimate of drug-likeness (QED) is 0.532. The third-order valence-electron chi connectivity index (χ3n) is 5.46. The van der Waals surface area contributed by atoms with Gasteiger partial charge in [0.1, 0.15) is 0 Å². The van der Waals surface area contributed by atoms with Crippen molar-refractivity contribution in [3.05, 3.63) is 115 Å². The third kappa shape index (κ3) is 3.37. The van der Waals surface area contributed by atoms with Gasteiger partial charge >= 0.3 is 0 Å². The standard InChI is InChI=1S/C26H26NP/c1-27(2)26(21-13-12-20-25(26)22-14-6-3-7-15-22)28(23-16-8-4-9-17-23)24-18-10-5-11-19-24/h3-20H,21H2,1-2H3. The molecule has 4 rings (SSSR count). The van der Waals surface area contributed by atoms with Gasteiger partial charge in [0.05, 0.1) is 5.28 Å². The summed E-state index contributed by atoms with van der Waals surface area (Å²) in [6.45, 7) is 0. The Kier molecular flexibility index (Phi) is 5.57. The van der Waals surface area contributed by atoms with Crippen molar-refractivity contribution in [3.63, 3.8) is 0 Å². The van der Waals surface area contributed by atoms with Gasteiger partial charge in [0.15, 0.2) is 0 Å². The summed E-state index contributed by atoms with van der Waals surface area (Å²) in [7, 11) is 3.82. The van der Waals surface area contributed by atoms with Crippen LogP contribution in [0.4, 0.5) is 0 Å². The van der Waals surface area contributed by atoms with Crippen LogP contribution in [0.15, 0.2) is 109 Å². The summed E-state index contributed by atoms with van der Waals surface area (Å²) in [6.07, 6.45) is 7.86. The van der Waals surface area contributed by atoms with E-state index in [1.807, 2.05) is 0 Å². The van der Waals surface area contributed by atoms with Gasteiger partial charge in [-0.2, -0.15) is 0 Å². The molecule has 0 N–H and O–H groups in total. The highest BCUT2D eigenvalue weighted by molar-refractivity contribution is 7.74. The highest BCUT2D eigenvalue weighted by Gasteiger charge is 2.45. The number of allylic oxidation sites excluding steroid dienone is 2. The zero-order chi connectivity index (χ0) is 19.4. The van der Waals surface area contributed by atoms with E-state index in [0.29, 0.717) is 0 Å². The van der Waals surface area contributed by atoms with Gasteiger partial charge in [-0.25, -0.2) is 0 Å². The molecule has 0 heterocycles. The second-order valence-corrected chi connectivity index (χ2v) is 9.74. The van der Waals surface area contributed by atoms with Gasteiger partial charge in [-0.1, -0.05) is 109 Å². The van der Waals surface area contributed by atoms with E-state index in [0.717, 1.165) is 6.42 Å². The van der Waals surface area contributed by atoms with Crippen molar-refractivity contribution in [1.29, 1.82) is 0 Å². The summed E-state index contributed by atoms with van der Waals surface area (Å²) in [6, 6.07) is 32.9. The molecule has 0 amide bonds. The topological polar surface area (TPSA) is 3.24 Å². The van der Waals surface area contributed by atoms with Crippen LogP contribution in [-0.2, 0) is 0 Å². The van der Waals surface area contributed by atoms with E-state index in [1.165, 1.54) is 21.7 Å². The summed E-state index contributed by atoms with van der Waals surface area (Å²) in [5, 5.41) is 2.72. The zero-order valence-electron chi connectivity index (χ0n) is 16.5. The first-order chi connectivity index (χ1) is 13.7. The fraction of sp³-hybridized carbons (Fsp3) is 0.154. The van der Waals surface area contributed by atoms with Crippen molar-refractivity contribution in [2.45, 2.75) is 11.7 Å². The van der Waals surface area contributed by atoms with E-state index in [4.69, 9.17) is 0 Å². The molecule has 1 nitrogen and oxygen atoms in total. The van der Waals surface area contributed by atoms with Gasteiger partial charge in [-0.05, 0) is 50.2 Å². The van der Waals surface area contributed by atoms with Gasteiger partial charge in [0, 0.05) is 0 Å². The number of hydrogen-bond acceptors (Lipinski definition) is 1. The molecule has 0 aromatic heterocycles. The first-order valence-electron chi connectivity index (χ1n) is 9.74. The van der Waals surface area contributed by atoms with Crippen molar-refractivity contribution >= 4 is 24.1 Å². The van der Waals surface area contributed by atoms with Crippen LogP contribution in [0.3, 0.4) is 0 Å². The molecule has 0 fully saturated rings. The molecule has 140 valence electrons. The molecule has 2 heteroatoms. The smallest absolute Gasteiger partial charge is 0.0778 e. The van der Waals surface area contributed by atoms with E-state index in [-0.39, 0.29) is 5.28 Å². The second kappa shape index (κ2) is 8.27. The molecule has 1 atom stereocenters. The van der Waals surface area contributed by atoms with Crippen LogP contribution in [0.25, 0.3) is 5.57 Å². The van der Waals surface area contributed by atoms with Crippen LogP contribution < -0.4 is 10.6 Å². The number of nitrogens with zero attached hydrogens (tertiary/aromatic N) is 1. The summed E-state index contributed by atoms with van der Waals surface area (Å²) < 4.78 is 0. The minimum Gasteiger partial charge on any atom is -0.295 e. The van der Waals surface area contributed by atoms with Crippen molar-refractivity contribution in [1.82, 2.24) is 4.90 Å². The highest BCUT2D eigenvalue weighted by atomic mass is 31.1. The lowest BCUT2D eigenvalue weighted by Crippen LogP contribution is -2.48. The lowest BCUT2D eigenvalue weighted by atomic mass is 9.91. The molecule has 28 heavy (non-hydrogen) atoms. The van der Waals surface area contributed by atoms with Crippen LogP contribution >= 0.6 is 7.92 Å². The van der Waals surface area contributed by atoms with Gasteiger partial charge < -0.3 is 0 Å². The highest BCUT2D eigenvalue weighted by Crippen LogP contribution is 2.58. The van der Waals surface area contributed by atoms with Gasteiger partial charge in [0.2, 0.25) is 0 Å². The van der Waals surface area contributed by atoms with E-state index >= 15 is 0 Å². The van der Waals surface area contributed by atoms with E-state index in [2.05, 4.69) is 128 Å². The van der Waals surface area contributed by atoms with Crippen molar-refractivity contribution < 1.29 is 0 Å². The zero-order valence-corrected chi connectivity index (χ0v) is 17.4. The van der Waals surface area contributed by atoms with Crippen LogP contribution in [0.1, 0.15) is 12.0 Å². The van der Waals surface area contributed by atoms with Crippen LogP contribution in [0, 0.1) is 0 Å². The fourth-order valence-electron chi connectivity index (χ4n) is 4.15. The lowest BCUT2D eigenvalue weighted by molar-refractivity contribution is 0.315. The van der Waals surface area contributed by atoms with Gasteiger partial charge in [-0.3, -0.25) is 4.90 Å². The summed E-state index contributed by atoms with van der Waals surface area (Å²) in [4.78, 5) is 2.45. The Hall–Kier alpha value is -2.47.